The van der Waals surface area contributed by atoms with Crippen LogP contribution in [0, 0.1) is 0 Å². The molecule has 3 fully saturated rings. The number of aliphatic hydroxyl groups is 3. The summed E-state index contributed by atoms with van der Waals surface area (Å²) in [5.74, 6) is -0.346. The first-order valence-electron chi connectivity index (χ1n) is 21.9. The van der Waals surface area contributed by atoms with Crippen LogP contribution < -0.4 is 52.0 Å². The number of hydrogen-bond donors (Lipinski definition) is 8. The van der Waals surface area contributed by atoms with Crippen LogP contribution >= 0.6 is 30.2 Å². The number of fused-ring (bicyclic) bond motifs is 3. The molecule has 10 N–H and O–H groups in total. The van der Waals surface area contributed by atoms with E-state index in [9.17, 15) is 58.2 Å². The van der Waals surface area contributed by atoms with Crippen LogP contribution in [0.5, 0.6) is 0 Å². The number of phosphoric ester groups is 3. The molecule has 422 valence electrons. The highest BCUT2D eigenvalue weighted by Gasteiger charge is 2.52. The van der Waals surface area contributed by atoms with Gasteiger partial charge < -0.3 is 93.5 Å². The maximum absolute atomic E-state index is 13.6. The van der Waals surface area contributed by atoms with Crippen LogP contribution in [0.3, 0.4) is 0 Å². The summed E-state index contributed by atoms with van der Waals surface area (Å²) in [6.07, 6.45) is -14.6. The van der Waals surface area contributed by atoms with Gasteiger partial charge in [-0.05, 0) is 0 Å². The SMILES string of the molecule is CNc1ncnc2c1ncn2[C@@H]1O[C@H](COP(=O)([O-])OP([O-])(=S)OP(=O)([O-])OC[C@H]2O[C@@H]([n+]3cn(C)c4c(=O)[nH]c(N)nc43)[C@@H](O)C2OC)[C@H](OP(=O)([O-])OC[C@H]2O[C@@H](n3cnc4c(=O)[nH]c(N)nc43)[C@@H](O)C2O)C1OC. The zero-order chi connectivity index (χ0) is 55.7. The number of H-pyrrole nitrogens is 2. The van der Waals surface area contributed by atoms with Crippen molar-refractivity contribution in [3.63, 3.8) is 0 Å². The number of anilines is 3. The number of nitrogens with two attached hydrogens (primary N) is 2. The van der Waals surface area contributed by atoms with Gasteiger partial charge in [0.15, 0.2) is 41.4 Å². The number of hydrogen-bond acceptors (Lipinski definition) is 33. The highest BCUT2D eigenvalue weighted by molar-refractivity contribution is 8.09. The number of rotatable bonds is 21. The van der Waals surface area contributed by atoms with Gasteiger partial charge in [0.05, 0.1) is 39.5 Å². The van der Waals surface area contributed by atoms with Gasteiger partial charge in [0.1, 0.15) is 73.5 Å². The van der Waals surface area contributed by atoms with E-state index in [0.717, 1.165) is 31.4 Å². The van der Waals surface area contributed by atoms with Crippen molar-refractivity contribution in [2.75, 3.05) is 57.9 Å². The molecule has 6 aromatic rings. The molecule has 6 aromatic heterocycles. The fourth-order valence-electron chi connectivity index (χ4n) is 8.70. The van der Waals surface area contributed by atoms with Crippen molar-refractivity contribution < 1.29 is 104 Å². The van der Waals surface area contributed by atoms with Crippen molar-refractivity contribution >= 4 is 93.2 Å². The number of aliphatic hydroxyl groups excluding tert-OH is 3. The number of methoxy groups -OCH3 is 2. The zero-order valence-corrected chi connectivity index (χ0v) is 44.1. The second kappa shape index (κ2) is 21.7. The first-order valence-corrected chi connectivity index (χ1v) is 28.9. The summed E-state index contributed by atoms with van der Waals surface area (Å²) in [6, 6.07) is 0. The molecule has 9 rings (SSSR count). The molecule has 0 amide bonds. The van der Waals surface area contributed by atoms with Gasteiger partial charge in [0, 0.05) is 21.3 Å². The number of aryl methyl sites for hydroxylation is 1. The third-order valence-corrected chi connectivity index (χ3v) is 18.3. The molecule has 7 unspecified atom stereocenters. The summed E-state index contributed by atoms with van der Waals surface area (Å²) in [7, 11) is -12.5. The molecule has 77 heavy (non-hydrogen) atoms. The number of aromatic amines is 2. The van der Waals surface area contributed by atoms with E-state index in [4.69, 9.17) is 53.2 Å². The lowest BCUT2D eigenvalue weighted by Gasteiger charge is -2.38. The lowest BCUT2D eigenvalue weighted by Crippen LogP contribution is -2.46. The average Bonchev–Trinajstić information content (AvgIpc) is 4.21. The normalized spacial score (nSPS) is 30.0. The third-order valence-electron chi connectivity index (χ3n) is 12.0. The Balaban J connectivity index is 0.872. The minimum atomic E-state index is -6.09. The van der Waals surface area contributed by atoms with Gasteiger partial charge in [-0.3, -0.25) is 55.6 Å². The predicted octanol–water partition coefficient (Wildman–Crippen LogP) is -6.01. The number of nitrogens with zero attached hydrogens (tertiary/aromatic N) is 10. The summed E-state index contributed by atoms with van der Waals surface area (Å²) in [4.78, 5) is 107. The Morgan fingerprint density at radius 2 is 1.31 bits per heavy atom. The van der Waals surface area contributed by atoms with Gasteiger partial charge in [0.2, 0.25) is 17.7 Å². The van der Waals surface area contributed by atoms with E-state index >= 15 is 0 Å². The molecule has 0 spiro atoms. The van der Waals surface area contributed by atoms with Crippen LogP contribution in [-0.2, 0) is 83.0 Å². The predicted molar refractivity (Wildman–Crippen MR) is 247 cm³/mol. The van der Waals surface area contributed by atoms with Gasteiger partial charge in [-0.1, -0.05) is 16.8 Å². The van der Waals surface area contributed by atoms with Gasteiger partial charge in [0.25, 0.3) is 40.5 Å². The second-order valence-corrected chi connectivity index (χ2v) is 24.0. The Kier molecular flexibility index (Phi) is 16.1. The molecule has 9 heterocycles. The van der Waals surface area contributed by atoms with Crippen LogP contribution in [0.4, 0.5) is 17.7 Å². The Labute approximate surface area is 433 Å². The van der Waals surface area contributed by atoms with Crippen molar-refractivity contribution in [2.45, 2.75) is 73.6 Å². The quantitative estimate of drug-likeness (QED) is 0.0246. The monoisotopic (exact) mass is 1190 g/mol. The van der Waals surface area contributed by atoms with E-state index in [1.54, 1.807) is 0 Å². The maximum Gasteiger partial charge on any atom is 0.313 e. The molecule has 3 aliphatic heterocycles. The van der Waals surface area contributed by atoms with E-state index in [-0.39, 0.29) is 51.2 Å². The van der Waals surface area contributed by atoms with Crippen molar-refractivity contribution in [2.24, 2.45) is 7.05 Å². The van der Waals surface area contributed by atoms with Crippen molar-refractivity contribution in [1.82, 2.24) is 53.6 Å². The molecule has 3 aliphatic rings. The molecular weight excluding hydrogens is 1140 g/mol. The molecule has 38 nitrogen and oxygen atoms in total. The number of nitrogens with one attached hydrogen (secondary N) is 3. The molecular formula is C34H44N15O23P4S-3. The maximum atomic E-state index is 13.6. The number of nitrogen functional groups attached to an aromatic ring is 2. The van der Waals surface area contributed by atoms with E-state index < -0.39 is 135 Å². The minimum absolute atomic E-state index is 0.0225. The molecule has 0 bridgehead atoms. The molecule has 0 saturated carbocycles. The highest BCUT2D eigenvalue weighted by Crippen LogP contribution is 2.63. The summed E-state index contributed by atoms with van der Waals surface area (Å²) in [5, 5.41) is 35.7. The van der Waals surface area contributed by atoms with Gasteiger partial charge >= 0.3 is 5.65 Å². The van der Waals surface area contributed by atoms with Crippen LogP contribution in [0.1, 0.15) is 18.7 Å². The smallest absolute Gasteiger partial charge is 0.313 e. The molecule has 3 saturated heterocycles. The summed E-state index contributed by atoms with van der Waals surface area (Å²) in [6.45, 7) is -9.07. The lowest BCUT2D eigenvalue weighted by molar-refractivity contribution is -0.745. The Morgan fingerprint density at radius 1 is 0.740 bits per heavy atom. The Hall–Kier alpha value is -4.73. The zero-order valence-electron chi connectivity index (χ0n) is 39.7. The van der Waals surface area contributed by atoms with E-state index in [0.29, 0.717) is 0 Å². The van der Waals surface area contributed by atoms with Crippen LogP contribution in [0.15, 0.2) is 34.9 Å². The Morgan fingerprint density at radius 3 is 1.96 bits per heavy atom. The second-order valence-electron chi connectivity index (χ2n) is 16.8. The molecule has 0 radical (unpaired) electrons. The first-order chi connectivity index (χ1) is 36.2. The molecule has 0 aromatic carbocycles. The minimum Gasteiger partial charge on any atom is -0.779 e. The van der Waals surface area contributed by atoms with Crippen molar-refractivity contribution in [1.29, 1.82) is 0 Å². The number of aromatic nitrogens is 12. The molecule has 0 aliphatic carbocycles. The highest BCUT2D eigenvalue weighted by atomic mass is 32.5. The van der Waals surface area contributed by atoms with E-state index in [2.05, 4.69) is 65.6 Å². The molecule has 16 atom stereocenters. The average molecular weight is 1190 g/mol. The van der Waals surface area contributed by atoms with Gasteiger partial charge in [-0.15, -0.1) is 0 Å². The fraction of sp³-hybridized carbons (Fsp3) is 0.559. The van der Waals surface area contributed by atoms with Crippen molar-refractivity contribution in [3.8, 4) is 0 Å². The number of ether oxygens (including phenoxy) is 5. The van der Waals surface area contributed by atoms with Crippen LogP contribution in [0.25, 0.3) is 33.5 Å². The van der Waals surface area contributed by atoms with Crippen LogP contribution in [-0.4, -0.2) is 165 Å². The van der Waals surface area contributed by atoms with Gasteiger partial charge in [-0.2, -0.15) is 4.98 Å². The number of phosphoric acid groups is 3. The largest absolute Gasteiger partial charge is 0.779 e. The summed E-state index contributed by atoms with van der Waals surface area (Å²) < 4.78 is 102. The summed E-state index contributed by atoms with van der Waals surface area (Å²) in [5.41, 5.74) is 9.89. The van der Waals surface area contributed by atoms with E-state index in [1.807, 2.05) is 0 Å². The molecule has 43 heteroatoms. The fourth-order valence-corrected chi connectivity index (χ4v) is 14.5. The Bertz CT molecular complexity index is 3510. The standard InChI is InChI=1S/C34H47N15O23P4S/c1-37-24-15-25(39-8-38-24)47(9-40-15)32-23(63-4)22(70-73(55,56)64-5-12-18(50)19(51)30(67-12)48-10-41-16-26(48)42-33(35)44-28(16)53)14(69-32)7-66-75(59,60)72-76(61,77)71-74(57,58)65-6-13-21(62-3)20(52)31(68-13)49-11-46(2)17-27(49)43-34(36)45-29(17)54/h8-14,18-23,30-32,50-52H,5-7H2,1-4H3,(H10-,35,36,37,38,39,42,43,44,45,53,54,55,56,57,58,59,60,61,77)/p-3/t12-,13-,14-,18?,19+,20+,21?,22+,23?,30-,31-,32-,76?/m1/s1. The van der Waals surface area contributed by atoms with E-state index in [1.165, 1.54) is 40.5 Å². The third kappa shape index (κ3) is 11.5. The topological polar surface area (TPSA) is 531 Å². The number of imidazole rings is 3. The van der Waals surface area contributed by atoms with Gasteiger partial charge in [-0.25, -0.2) is 24.5 Å². The lowest BCUT2D eigenvalue weighted by atomic mass is 10.1. The first kappa shape index (κ1) is 57.0. The van der Waals surface area contributed by atoms with Crippen LogP contribution in [0.2, 0.25) is 0 Å². The summed E-state index contributed by atoms with van der Waals surface area (Å²) >= 11 is 4.57. The van der Waals surface area contributed by atoms with Crippen molar-refractivity contribution in [3.05, 3.63) is 46.0 Å².